The summed E-state index contributed by atoms with van der Waals surface area (Å²) in [5, 5.41) is 6.71. The average Bonchev–Trinajstić information content (AvgIpc) is 3.00. The van der Waals surface area contributed by atoms with Gasteiger partial charge in [-0.05, 0) is 25.7 Å². The molecule has 1 saturated heterocycles. The number of amides is 1. The fraction of sp³-hybridized carbons (Fsp3) is 0.500. The van der Waals surface area contributed by atoms with E-state index in [0.717, 1.165) is 12.8 Å². The number of nitrogens with zero attached hydrogens (tertiary/aromatic N) is 4. The second kappa shape index (κ2) is 6.69. The Labute approximate surface area is 132 Å². The van der Waals surface area contributed by atoms with Gasteiger partial charge in [0.1, 0.15) is 6.04 Å². The fourth-order valence-electron chi connectivity index (χ4n) is 2.60. The molecule has 2 aromatic rings. The second-order valence-electron chi connectivity index (χ2n) is 5.37. The van der Waals surface area contributed by atoms with Crippen LogP contribution in [0.15, 0.2) is 16.9 Å². The van der Waals surface area contributed by atoms with Crippen LogP contribution in [0.2, 0.25) is 0 Å². The Balaban J connectivity index is 1.83. The lowest BCUT2D eigenvalue weighted by Gasteiger charge is -2.28. The van der Waals surface area contributed by atoms with Crippen LogP contribution in [-0.2, 0) is 4.74 Å². The smallest absolute Gasteiger partial charge is 0.274 e. The highest BCUT2D eigenvalue weighted by Crippen LogP contribution is 2.29. The Bertz CT molecular complexity index is 683. The Morgan fingerprint density at radius 1 is 1.35 bits per heavy atom. The van der Waals surface area contributed by atoms with Gasteiger partial charge in [0.05, 0.1) is 0 Å². The van der Waals surface area contributed by atoms with Gasteiger partial charge in [-0.2, -0.15) is 4.98 Å². The molecule has 9 heteroatoms. The number of anilines is 1. The molecule has 2 aromatic heterocycles. The molecule has 0 aromatic carbocycles. The number of hydrogen-bond donors (Lipinski definition) is 2. The predicted octanol–water partition coefficient (Wildman–Crippen LogP) is 0.648. The molecule has 1 fully saturated rings. The van der Waals surface area contributed by atoms with Gasteiger partial charge in [0.2, 0.25) is 5.89 Å². The standard InChI is InChI=1S/C14H18N6O3/c1-8-18-14(23-20-8)10(9-2-6-22-7-3-9)19-13(21)11-12(15)17-5-4-16-11/h4-5,9-10H,2-3,6-7H2,1H3,(H2,15,17)(H,19,21)/t10-/m1/s1. The molecule has 3 N–H and O–H groups in total. The van der Waals surface area contributed by atoms with Gasteiger partial charge in [-0.1, -0.05) is 5.16 Å². The summed E-state index contributed by atoms with van der Waals surface area (Å²) >= 11 is 0. The van der Waals surface area contributed by atoms with Gasteiger partial charge in [0, 0.05) is 25.6 Å². The van der Waals surface area contributed by atoms with E-state index in [-0.39, 0.29) is 17.4 Å². The third kappa shape index (κ3) is 3.45. The van der Waals surface area contributed by atoms with E-state index in [2.05, 4.69) is 25.4 Å². The van der Waals surface area contributed by atoms with Gasteiger partial charge in [-0.3, -0.25) is 4.79 Å². The molecule has 0 unspecified atom stereocenters. The Morgan fingerprint density at radius 2 is 2.09 bits per heavy atom. The number of nitrogens with one attached hydrogen (secondary N) is 1. The molecule has 3 rings (SSSR count). The van der Waals surface area contributed by atoms with Crippen molar-refractivity contribution >= 4 is 11.7 Å². The van der Waals surface area contributed by atoms with Crippen LogP contribution < -0.4 is 11.1 Å². The van der Waals surface area contributed by atoms with Crippen molar-refractivity contribution in [3.63, 3.8) is 0 Å². The fourth-order valence-corrected chi connectivity index (χ4v) is 2.60. The molecular weight excluding hydrogens is 300 g/mol. The maximum atomic E-state index is 12.5. The first-order valence-corrected chi connectivity index (χ1v) is 7.40. The summed E-state index contributed by atoms with van der Waals surface area (Å²) in [6.07, 6.45) is 4.44. The molecule has 0 saturated carbocycles. The Kier molecular flexibility index (Phi) is 4.47. The summed E-state index contributed by atoms with van der Waals surface area (Å²) in [5.74, 6) is 0.710. The lowest BCUT2D eigenvalue weighted by Crippen LogP contribution is -2.37. The van der Waals surface area contributed by atoms with Gasteiger partial charge >= 0.3 is 0 Å². The molecule has 0 radical (unpaired) electrons. The highest BCUT2D eigenvalue weighted by atomic mass is 16.5. The molecule has 3 heterocycles. The number of carbonyl (C=O) groups is 1. The van der Waals surface area contributed by atoms with Crippen LogP contribution in [-0.4, -0.2) is 39.2 Å². The zero-order valence-corrected chi connectivity index (χ0v) is 12.7. The Hall–Kier alpha value is -2.55. The maximum absolute atomic E-state index is 12.5. The van der Waals surface area contributed by atoms with Crippen LogP contribution in [0.1, 0.15) is 41.1 Å². The molecule has 9 nitrogen and oxygen atoms in total. The minimum absolute atomic E-state index is 0.0810. The van der Waals surface area contributed by atoms with Crippen molar-refractivity contribution in [2.45, 2.75) is 25.8 Å². The highest BCUT2D eigenvalue weighted by molar-refractivity contribution is 5.96. The number of carbonyl (C=O) groups excluding carboxylic acids is 1. The zero-order chi connectivity index (χ0) is 16.2. The van der Waals surface area contributed by atoms with E-state index in [1.807, 2.05) is 0 Å². The number of nitrogen functional groups attached to an aromatic ring is 1. The third-order valence-electron chi connectivity index (χ3n) is 3.77. The molecule has 0 bridgehead atoms. The van der Waals surface area contributed by atoms with Crippen molar-refractivity contribution < 1.29 is 14.1 Å². The number of aromatic nitrogens is 4. The van der Waals surface area contributed by atoms with Crippen LogP contribution in [0.5, 0.6) is 0 Å². The van der Waals surface area contributed by atoms with Crippen LogP contribution in [0.25, 0.3) is 0 Å². The van der Waals surface area contributed by atoms with Gasteiger partial charge in [0.15, 0.2) is 17.3 Å². The van der Waals surface area contributed by atoms with E-state index in [0.29, 0.717) is 24.9 Å². The van der Waals surface area contributed by atoms with E-state index in [1.54, 1.807) is 6.92 Å². The van der Waals surface area contributed by atoms with Crippen molar-refractivity contribution in [1.82, 2.24) is 25.4 Å². The Morgan fingerprint density at radius 3 is 2.74 bits per heavy atom. The van der Waals surface area contributed by atoms with Crippen molar-refractivity contribution in [2.75, 3.05) is 18.9 Å². The van der Waals surface area contributed by atoms with E-state index in [9.17, 15) is 4.79 Å². The van der Waals surface area contributed by atoms with Gasteiger partial charge in [0.25, 0.3) is 5.91 Å². The average molecular weight is 318 g/mol. The van der Waals surface area contributed by atoms with E-state index >= 15 is 0 Å². The van der Waals surface area contributed by atoms with Gasteiger partial charge < -0.3 is 20.3 Å². The molecule has 23 heavy (non-hydrogen) atoms. The largest absolute Gasteiger partial charge is 0.382 e. The van der Waals surface area contributed by atoms with Crippen LogP contribution in [0, 0.1) is 12.8 Å². The second-order valence-corrected chi connectivity index (χ2v) is 5.37. The van der Waals surface area contributed by atoms with Gasteiger partial charge in [-0.25, -0.2) is 9.97 Å². The summed E-state index contributed by atoms with van der Waals surface area (Å²) < 4.78 is 10.6. The van der Waals surface area contributed by atoms with Crippen LogP contribution >= 0.6 is 0 Å². The normalized spacial score (nSPS) is 16.9. The first-order valence-electron chi connectivity index (χ1n) is 7.40. The first-order chi connectivity index (χ1) is 11.1. The minimum atomic E-state index is -0.414. The van der Waals surface area contributed by atoms with E-state index in [1.165, 1.54) is 12.4 Å². The van der Waals surface area contributed by atoms with Crippen LogP contribution in [0.3, 0.4) is 0 Å². The number of rotatable bonds is 4. The van der Waals surface area contributed by atoms with Crippen molar-refractivity contribution in [2.24, 2.45) is 5.92 Å². The molecule has 0 aliphatic carbocycles. The number of aryl methyl sites for hydroxylation is 1. The molecule has 0 spiro atoms. The summed E-state index contributed by atoms with van der Waals surface area (Å²) in [7, 11) is 0. The molecule has 1 atom stereocenters. The summed E-state index contributed by atoms with van der Waals surface area (Å²) in [6, 6.07) is -0.408. The SMILES string of the molecule is Cc1noc([C@H](NC(=O)c2nccnc2N)C2CCOCC2)n1. The van der Waals surface area contributed by atoms with E-state index < -0.39 is 11.9 Å². The van der Waals surface area contributed by atoms with E-state index in [4.69, 9.17) is 15.0 Å². The summed E-state index contributed by atoms with van der Waals surface area (Å²) in [6.45, 7) is 3.01. The lowest BCUT2D eigenvalue weighted by molar-refractivity contribution is 0.0467. The number of ether oxygens (including phenoxy) is 1. The first kappa shape index (κ1) is 15.3. The highest BCUT2D eigenvalue weighted by Gasteiger charge is 2.32. The molecule has 122 valence electrons. The van der Waals surface area contributed by atoms with Crippen molar-refractivity contribution in [3.8, 4) is 0 Å². The molecular formula is C14H18N6O3. The quantitative estimate of drug-likeness (QED) is 0.840. The molecule has 1 amide bonds. The number of nitrogens with two attached hydrogens (primary N) is 1. The van der Waals surface area contributed by atoms with Crippen molar-refractivity contribution in [3.05, 3.63) is 29.8 Å². The predicted molar refractivity (Wildman–Crippen MR) is 79.2 cm³/mol. The van der Waals surface area contributed by atoms with Crippen LogP contribution in [0.4, 0.5) is 5.82 Å². The minimum Gasteiger partial charge on any atom is -0.382 e. The monoisotopic (exact) mass is 318 g/mol. The molecule has 1 aliphatic heterocycles. The number of hydrogen-bond acceptors (Lipinski definition) is 8. The third-order valence-corrected chi connectivity index (χ3v) is 3.77. The maximum Gasteiger partial charge on any atom is 0.274 e. The lowest BCUT2D eigenvalue weighted by atomic mass is 9.91. The topological polar surface area (TPSA) is 129 Å². The van der Waals surface area contributed by atoms with Gasteiger partial charge in [-0.15, -0.1) is 0 Å². The van der Waals surface area contributed by atoms with Crippen molar-refractivity contribution in [1.29, 1.82) is 0 Å². The molecule has 1 aliphatic rings. The zero-order valence-electron chi connectivity index (χ0n) is 12.7. The summed E-state index contributed by atoms with van der Waals surface area (Å²) in [4.78, 5) is 24.6. The summed E-state index contributed by atoms with van der Waals surface area (Å²) in [5.41, 5.74) is 5.80.